The van der Waals surface area contributed by atoms with E-state index >= 15 is 0 Å². The SMILES string of the molecule is COc1cccc(NC(=O)CC(=O)Nc2ccc(Cl)c(Cl)c2)c1. The minimum atomic E-state index is -0.455. The number of methoxy groups -OCH3 is 1. The second kappa shape index (κ2) is 7.85. The molecule has 2 aromatic rings. The van der Waals surface area contributed by atoms with Crippen LogP contribution >= 0.6 is 23.2 Å². The maximum absolute atomic E-state index is 11.9. The van der Waals surface area contributed by atoms with E-state index in [1.165, 1.54) is 13.2 Å². The molecule has 120 valence electrons. The number of carbonyl (C=O) groups is 2. The van der Waals surface area contributed by atoms with Crippen molar-refractivity contribution in [2.24, 2.45) is 0 Å². The second-order valence-corrected chi connectivity index (χ2v) is 5.45. The number of rotatable bonds is 5. The lowest BCUT2D eigenvalue weighted by Gasteiger charge is -2.08. The van der Waals surface area contributed by atoms with Crippen LogP contribution < -0.4 is 15.4 Å². The average Bonchev–Trinajstić information content (AvgIpc) is 2.51. The lowest BCUT2D eigenvalue weighted by molar-refractivity contribution is -0.123. The maximum Gasteiger partial charge on any atom is 0.233 e. The third kappa shape index (κ3) is 5.16. The van der Waals surface area contributed by atoms with Gasteiger partial charge in [0.05, 0.1) is 17.2 Å². The molecule has 0 unspecified atom stereocenters. The minimum absolute atomic E-state index is 0.322. The Bertz CT molecular complexity index is 735. The number of benzene rings is 2. The van der Waals surface area contributed by atoms with Crippen molar-refractivity contribution in [1.29, 1.82) is 0 Å². The number of anilines is 2. The van der Waals surface area contributed by atoms with E-state index in [0.29, 0.717) is 27.2 Å². The van der Waals surface area contributed by atoms with E-state index in [-0.39, 0.29) is 6.42 Å². The van der Waals surface area contributed by atoms with Crippen LogP contribution in [0.25, 0.3) is 0 Å². The van der Waals surface area contributed by atoms with Crippen molar-refractivity contribution in [3.05, 3.63) is 52.5 Å². The lowest BCUT2D eigenvalue weighted by atomic mass is 10.2. The number of amides is 2. The van der Waals surface area contributed by atoms with Crippen LogP contribution in [-0.4, -0.2) is 18.9 Å². The first-order chi connectivity index (χ1) is 11.0. The van der Waals surface area contributed by atoms with Crippen LogP contribution in [0.4, 0.5) is 11.4 Å². The van der Waals surface area contributed by atoms with Crippen molar-refractivity contribution in [2.75, 3.05) is 17.7 Å². The molecule has 7 heteroatoms. The summed E-state index contributed by atoms with van der Waals surface area (Å²) in [5, 5.41) is 5.92. The summed E-state index contributed by atoms with van der Waals surface area (Å²) in [6, 6.07) is 11.5. The summed E-state index contributed by atoms with van der Waals surface area (Å²) in [6.45, 7) is 0. The molecule has 0 saturated heterocycles. The maximum atomic E-state index is 11.9. The molecule has 2 aromatic carbocycles. The van der Waals surface area contributed by atoms with Crippen molar-refractivity contribution in [3.63, 3.8) is 0 Å². The second-order valence-electron chi connectivity index (χ2n) is 4.63. The molecule has 2 amide bonds. The molecule has 0 aliphatic rings. The monoisotopic (exact) mass is 352 g/mol. The van der Waals surface area contributed by atoms with Crippen LogP contribution in [0.3, 0.4) is 0 Å². The van der Waals surface area contributed by atoms with Crippen LogP contribution in [-0.2, 0) is 9.59 Å². The largest absolute Gasteiger partial charge is 0.497 e. The predicted molar refractivity (Wildman–Crippen MR) is 91.3 cm³/mol. The normalized spacial score (nSPS) is 10.0. The summed E-state index contributed by atoms with van der Waals surface area (Å²) < 4.78 is 5.06. The van der Waals surface area contributed by atoms with Gasteiger partial charge in [-0.1, -0.05) is 29.3 Å². The van der Waals surface area contributed by atoms with E-state index < -0.39 is 11.8 Å². The molecule has 0 aliphatic carbocycles. The van der Waals surface area contributed by atoms with Crippen molar-refractivity contribution in [1.82, 2.24) is 0 Å². The van der Waals surface area contributed by atoms with E-state index in [2.05, 4.69) is 10.6 Å². The van der Waals surface area contributed by atoms with E-state index in [0.717, 1.165) is 0 Å². The molecule has 0 saturated carbocycles. The Labute approximate surface area is 143 Å². The van der Waals surface area contributed by atoms with Crippen LogP contribution in [0, 0.1) is 0 Å². The zero-order valence-corrected chi connectivity index (χ0v) is 13.7. The molecule has 0 fully saturated rings. The Morgan fingerprint density at radius 3 is 2.22 bits per heavy atom. The fourth-order valence-corrected chi connectivity index (χ4v) is 2.13. The standard InChI is InChI=1S/C16H14Cl2N2O3/c1-23-12-4-2-3-10(7-12)19-15(21)9-16(22)20-11-5-6-13(17)14(18)8-11/h2-8H,9H2,1H3,(H,19,21)(H,20,22). The van der Waals surface area contributed by atoms with Crippen molar-refractivity contribution in [3.8, 4) is 5.75 Å². The van der Waals surface area contributed by atoms with Gasteiger partial charge in [-0.15, -0.1) is 0 Å². The van der Waals surface area contributed by atoms with Gasteiger partial charge >= 0.3 is 0 Å². The number of halogens is 2. The van der Waals surface area contributed by atoms with Gasteiger partial charge in [-0.25, -0.2) is 0 Å². The van der Waals surface area contributed by atoms with Crippen LogP contribution in [0.5, 0.6) is 5.75 Å². The van der Waals surface area contributed by atoms with Crippen molar-refractivity contribution >= 4 is 46.4 Å². The first-order valence-corrected chi connectivity index (χ1v) is 7.42. The number of carbonyl (C=O) groups excluding carboxylic acids is 2. The quantitative estimate of drug-likeness (QED) is 0.800. The van der Waals surface area contributed by atoms with Crippen molar-refractivity contribution < 1.29 is 14.3 Å². The molecular weight excluding hydrogens is 339 g/mol. The predicted octanol–water partition coefficient (Wildman–Crippen LogP) is 3.97. The molecule has 0 radical (unpaired) electrons. The molecule has 0 aliphatic heterocycles. The van der Waals surface area contributed by atoms with E-state index in [1.807, 2.05) is 0 Å². The molecule has 0 spiro atoms. The molecule has 2 rings (SSSR count). The van der Waals surface area contributed by atoms with Gasteiger partial charge in [0.25, 0.3) is 0 Å². The first kappa shape index (κ1) is 17.1. The fraction of sp³-hybridized carbons (Fsp3) is 0.125. The number of hydrogen-bond donors (Lipinski definition) is 2. The topological polar surface area (TPSA) is 67.4 Å². The van der Waals surface area contributed by atoms with Crippen LogP contribution in [0.15, 0.2) is 42.5 Å². The molecule has 0 aromatic heterocycles. The molecule has 0 atom stereocenters. The molecular formula is C16H14Cl2N2O3. The van der Waals surface area contributed by atoms with Gasteiger partial charge in [0, 0.05) is 17.4 Å². The number of nitrogens with one attached hydrogen (secondary N) is 2. The number of hydrogen-bond acceptors (Lipinski definition) is 3. The van der Waals surface area contributed by atoms with Gasteiger partial charge in [-0.05, 0) is 30.3 Å². The Morgan fingerprint density at radius 1 is 0.957 bits per heavy atom. The van der Waals surface area contributed by atoms with Gasteiger partial charge in [0.1, 0.15) is 12.2 Å². The highest BCUT2D eigenvalue weighted by Gasteiger charge is 2.11. The van der Waals surface area contributed by atoms with Gasteiger partial charge in [-0.3, -0.25) is 9.59 Å². The van der Waals surface area contributed by atoms with Gasteiger partial charge in [0.15, 0.2) is 0 Å². The molecule has 0 heterocycles. The van der Waals surface area contributed by atoms with Crippen LogP contribution in [0.2, 0.25) is 10.0 Å². The van der Waals surface area contributed by atoms with E-state index in [1.54, 1.807) is 36.4 Å². The Kier molecular flexibility index (Phi) is 5.84. The molecule has 23 heavy (non-hydrogen) atoms. The Morgan fingerprint density at radius 2 is 1.61 bits per heavy atom. The highest BCUT2D eigenvalue weighted by atomic mass is 35.5. The first-order valence-electron chi connectivity index (χ1n) is 6.67. The third-order valence-electron chi connectivity index (χ3n) is 2.88. The Hall–Kier alpha value is -2.24. The lowest BCUT2D eigenvalue weighted by Crippen LogP contribution is -2.21. The van der Waals surface area contributed by atoms with Crippen molar-refractivity contribution in [2.45, 2.75) is 6.42 Å². The summed E-state index contributed by atoms with van der Waals surface area (Å²) in [4.78, 5) is 23.7. The molecule has 5 nitrogen and oxygen atoms in total. The fourth-order valence-electron chi connectivity index (χ4n) is 1.83. The highest BCUT2D eigenvalue weighted by Crippen LogP contribution is 2.25. The van der Waals surface area contributed by atoms with Gasteiger partial charge in [-0.2, -0.15) is 0 Å². The summed E-state index contributed by atoms with van der Waals surface area (Å²) in [5.41, 5.74) is 1.02. The summed E-state index contributed by atoms with van der Waals surface area (Å²) >= 11 is 11.7. The van der Waals surface area contributed by atoms with Gasteiger partial charge in [0.2, 0.25) is 11.8 Å². The summed E-state index contributed by atoms with van der Waals surface area (Å²) in [7, 11) is 1.53. The summed E-state index contributed by atoms with van der Waals surface area (Å²) in [6.07, 6.45) is -0.322. The van der Waals surface area contributed by atoms with E-state index in [4.69, 9.17) is 27.9 Å². The smallest absolute Gasteiger partial charge is 0.233 e. The number of ether oxygens (including phenoxy) is 1. The average molecular weight is 353 g/mol. The summed E-state index contributed by atoms with van der Waals surface area (Å²) in [5.74, 6) is -0.275. The van der Waals surface area contributed by atoms with Crippen LogP contribution in [0.1, 0.15) is 6.42 Å². The van der Waals surface area contributed by atoms with Gasteiger partial charge < -0.3 is 15.4 Å². The third-order valence-corrected chi connectivity index (χ3v) is 3.62. The molecule has 0 bridgehead atoms. The zero-order valence-electron chi connectivity index (χ0n) is 12.2. The minimum Gasteiger partial charge on any atom is -0.497 e. The highest BCUT2D eigenvalue weighted by molar-refractivity contribution is 6.42. The zero-order chi connectivity index (χ0) is 16.8. The molecule has 2 N–H and O–H groups in total. The van der Waals surface area contributed by atoms with E-state index in [9.17, 15) is 9.59 Å². The Balaban J connectivity index is 1.91.